The molecule has 5 aliphatic rings. The first kappa shape index (κ1) is 31.3. The molecule has 0 aromatic heterocycles. The van der Waals surface area contributed by atoms with E-state index in [1.165, 1.54) is 19.3 Å². The number of carbonyl (C=O) groups excluding carboxylic acids is 1. The number of hydrogen-bond donors (Lipinski definition) is 3. The quantitative estimate of drug-likeness (QED) is 0.282. The third-order valence-electron chi connectivity index (χ3n) is 12.3. The number of carboxylic acids is 1. The van der Waals surface area contributed by atoms with Gasteiger partial charge in [-0.05, 0) is 119 Å². The Morgan fingerprint density at radius 1 is 1.11 bits per heavy atom. The molecule has 3 N–H and O–H groups in total. The third-order valence-corrected chi connectivity index (χ3v) is 12.3. The minimum absolute atomic E-state index is 0.0185. The zero-order chi connectivity index (χ0) is 31.3. The molecule has 1 heterocycles. The number of carbonyl (C=O) groups is 2. The van der Waals surface area contributed by atoms with E-state index in [1.807, 2.05) is 31.2 Å². The van der Waals surface area contributed by atoms with E-state index in [9.17, 15) is 14.7 Å². The average molecular weight is 607 g/mol. The number of halogens is 1. The second kappa shape index (κ2) is 11.6. The lowest BCUT2D eigenvalue weighted by Gasteiger charge is -2.51. The summed E-state index contributed by atoms with van der Waals surface area (Å²) in [7, 11) is 0. The van der Waals surface area contributed by atoms with Gasteiger partial charge in [0.25, 0.3) is 0 Å². The molecule has 1 amide bonds. The predicted octanol–water partition coefficient (Wildman–Crippen LogP) is 6.98. The molecule has 6 nitrogen and oxygen atoms in total. The van der Waals surface area contributed by atoms with Crippen molar-refractivity contribution in [2.45, 2.75) is 110 Å². The van der Waals surface area contributed by atoms with E-state index in [4.69, 9.17) is 4.74 Å². The molecule has 240 valence electrons. The first-order chi connectivity index (χ1) is 20.9. The zero-order valence-electron chi connectivity index (χ0n) is 27.0. The normalized spacial score (nSPS) is 33.3. The van der Waals surface area contributed by atoms with Crippen LogP contribution in [-0.2, 0) is 15.0 Å². The number of benzene rings is 1. The Morgan fingerprint density at radius 2 is 1.89 bits per heavy atom. The number of piperidine rings is 1. The molecular formula is C37H51FN2O4. The predicted molar refractivity (Wildman–Crippen MR) is 171 cm³/mol. The number of hydrogen-bond acceptors (Lipinski definition) is 4. The smallest absolute Gasteiger partial charge is 0.313 e. The van der Waals surface area contributed by atoms with Gasteiger partial charge in [-0.1, -0.05) is 38.0 Å². The Kier molecular flexibility index (Phi) is 8.26. The van der Waals surface area contributed by atoms with Gasteiger partial charge in [-0.15, -0.1) is 0 Å². The maximum Gasteiger partial charge on any atom is 0.313 e. The number of alkyl halides is 1. The van der Waals surface area contributed by atoms with E-state index in [1.54, 1.807) is 26.0 Å². The van der Waals surface area contributed by atoms with Crippen LogP contribution in [0.4, 0.5) is 4.39 Å². The van der Waals surface area contributed by atoms with Crippen molar-refractivity contribution in [3.8, 4) is 5.75 Å². The number of rotatable bonds is 9. The molecule has 1 saturated heterocycles. The fraction of sp³-hybridized carbons (Fsp3) is 0.676. The standard InChI is InChI=1S/C37H51FN2O4/c1-34(2,33(42)43)26-13-15-30(28(19-26)29-10-6-11-31(38)36(29,4)25-8-5-9-25)44-27-14-12-24(18-27)20-40-32(41)35(3)21-37(16-7-17-37)23-39-22-35/h6,10-11,13,15,19,24-25,27,31,39H,5,7-9,12,14,16-18,20-23H2,1-4H3,(H,40,41)(H,42,43)/t24?,27-,31?,35-,36?/m1/s1. The van der Waals surface area contributed by atoms with Crippen LogP contribution in [0.3, 0.4) is 0 Å². The highest BCUT2D eigenvalue weighted by Gasteiger charge is 2.50. The van der Waals surface area contributed by atoms with Crippen LogP contribution in [-0.4, -0.2) is 48.9 Å². The van der Waals surface area contributed by atoms with Gasteiger partial charge in [0.1, 0.15) is 11.9 Å². The van der Waals surface area contributed by atoms with Crippen LogP contribution in [0.2, 0.25) is 0 Å². The van der Waals surface area contributed by atoms with Gasteiger partial charge < -0.3 is 20.5 Å². The van der Waals surface area contributed by atoms with E-state index < -0.39 is 23.0 Å². The van der Waals surface area contributed by atoms with E-state index in [0.29, 0.717) is 29.2 Å². The summed E-state index contributed by atoms with van der Waals surface area (Å²) >= 11 is 0. The van der Waals surface area contributed by atoms with E-state index >= 15 is 4.39 Å². The second-order valence-electron chi connectivity index (χ2n) is 15.7. The fourth-order valence-electron chi connectivity index (χ4n) is 8.66. The summed E-state index contributed by atoms with van der Waals surface area (Å²) in [6.07, 6.45) is 14.8. The van der Waals surface area contributed by atoms with Crippen molar-refractivity contribution in [1.82, 2.24) is 10.6 Å². The molecule has 1 aromatic carbocycles. The summed E-state index contributed by atoms with van der Waals surface area (Å²) < 4.78 is 22.5. The maximum atomic E-state index is 15.8. The molecule has 1 spiro atoms. The Bertz CT molecular complexity index is 1340. The van der Waals surface area contributed by atoms with Crippen molar-refractivity contribution in [2.75, 3.05) is 19.6 Å². The highest BCUT2D eigenvalue weighted by atomic mass is 19.1. The molecule has 3 unspecified atom stereocenters. The lowest BCUT2D eigenvalue weighted by Crippen LogP contribution is -2.57. The fourth-order valence-corrected chi connectivity index (χ4v) is 8.66. The van der Waals surface area contributed by atoms with Crippen molar-refractivity contribution in [2.24, 2.45) is 28.1 Å². The summed E-state index contributed by atoms with van der Waals surface area (Å²) in [5.74, 6) is 0.518. The number of amides is 1. The van der Waals surface area contributed by atoms with Gasteiger partial charge in [0.2, 0.25) is 5.91 Å². The topological polar surface area (TPSA) is 87.7 Å². The number of allylic oxidation sites excluding steroid dienone is 4. The van der Waals surface area contributed by atoms with E-state index in [0.717, 1.165) is 69.2 Å². The molecule has 4 aliphatic carbocycles. The van der Waals surface area contributed by atoms with Crippen molar-refractivity contribution in [3.05, 3.63) is 47.6 Å². The van der Waals surface area contributed by atoms with Gasteiger partial charge in [0, 0.05) is 30.6 Å². The number of aliphatic carboxylic acids is 1. The highest BCUT2D eigenvalue weighted by Crippen LogP contribution is 2.56. The van der Waals surface area contributed by atoms with Crippen molar-refractivity contribution in [1.29, 1.82) is 0 Å². The van der Waals surface area contributed by atoms with Crippen LogP contribution in [0.25, 0.3) is 5.57 Å². The largest absolute Gasteiger partial charge is 0.490 e. The molecule has 6 rings (SSSR count). The number of ether oxygens (including phenoxy) is 1. The Morgan fingerprint density at radius 3 is 2.55 bits per heavy atom. The lowest BCUT2D eigenvalue weighted by molar-refractivity contribution is -0.142. The van der Waals surface area contributed by atoms with Crippen molar-refractivity contribution >= 4 is 17.4 Å². The Labute approximate surface area is 262 Å². The van der Waals surface area contributed by atoms with Gasteiger partial charge >= 0.3 is 5.97 Å². The molecule has 4 fully saturated rings. The monoisotopic (exact) mass is 606 g/mol. The van der Waals surface area contributed by atoms with Gasteiger partial charge in [-0.25, -0.2) is 4.39 Å². The van der Waals surface area contributed by atoms with Gasteiger partial charge in [0.15, 0.2) is 0 Å². The van der Waals surface area contributed by atoms with Crippen LogP contribution < -0.4 is 15.4 Å². The van der Waals surface area contributed by atoms with E-state index in [2.05, 4.69) is 17.6 Å². The highest BCUT2D eigenvalue weighted by molar-refractivity contribution is 5.84. The minimum Gasteiger partial charge on any atom is -0.490 e. The Hall–Kier alpha value is -2.67. The van der Waals surface area contributed by atoms with Gasteiger partial charge in [-0.3, -0.25) is 9.59 Å². The van der Waals surface area contributed by atoms with Crippen molar-refractivity contribution in [3.63, 3.8) is 0 Å². The van der Waals surface area contributed by atoms with Crippen LogP contribution >= 0.6 is 0 Å². The van der Waals surface area contributed by atoms with Gasteiger partial charge in [-0.2, -0.15) is 0 Å². The minimum atomic E-state index is -1.11. The summed E-state index contributed by atoms with van der Waals surface area (Å²) in [6.45, 7) is 9.97. The third kappa shape index (κ3) is 5.52. The number of carboxylic acid groups (broad SMARTS) is 1. The van der Waals surface area contributed by atoms with Crippen LogP contribution in [0, 0.1) is 28.1 Å². The summed E-state index contributed by atoms with van der Waals surface area (Å²) in [5.41, 5.74) is 0.534. The average Bonchev–Trinajstić information content (AvgIpc) is 3.39. The number of nitrogens with one attached hydrogen (secondary N) is 2. The van der Waals surface area contributed by atoms with Crippen molar-refractivity contribution < 1.29 is 23.8 Å². The van der Waals surface area contributed by atoms with Crippen LogP contribution in [0.5, 0.6) is 5.75 Å². The maximum absolute atomic E-state index is 15.8. The molecule has 0 radical (unpaired) electrons. The SMILES string of the molecule is CC(C)(C(=O)O)c1ccc(O[C@@H]2CCC(CNC(=O)[C@@]3(C)CNCC4(CCC4)C3)C2)c(C2=CC=CC(F)C2(C)C2CCC2)c1. The molecule has 5 atom stereocenters. The zero-order valence-corrected chi connectivity index (χ0v) is 27.0. The molecule has 44 heavy (non-hydrogen) atoms. The summed E-state index contributed by atoms with van der Waals surface area (Å²) in [4.78, 5) is 25.5. The molecular weight excluding hydrogens is 555 g/mol. The van der Waals surface area contributed by atoms with Gasteiger partial charge in [0.05, 0.1) is 16.9 Å². The second-order valence-corrected chi connectivity index (χ2v) is 15.7. The molecule has 1 aliphatic heterocycles. The first-order valence-corrected chi connectivity index (χ1v) is 16.9. The molecule has 0 bridgehead atoms. The summed E-state index contributed by atoms with van der Waals surface area (Å²) in [5, 5.41) is 16.8. The molecule has 3 saturated carbocycles. The molecule has 7 heteroatoms. The van der Waals surface area contributed by atoms with Crippen LogP contribution in [0.1, 0.15) is 103 Å². The first-order valence-electron chi connectivity index (χ1n) is 16.9. The molecule has 1 aromatic rings. The lowest BCUT2D eigenvalue weighted by atomic mass is 9.58. The summed E-state index contributed by atoms with van der Waals surface area (Å²) in [6, 6.07) is 5.67. The van der Waals surface area contributed by atoms with E-state index in [-0.39, 0.29) is 23.3 Å². The Balaban J connectivity index is 1.18. The van der Waals surface area contributed by atoms with Crippen LogP contribution in [0.15, 0.2) is 36.4 Å².